The molecule has 0 fully saturated rings. The molecule has 0 aliphatic rings. The quantitative estimate of drug-likeness (QED) is 0.233. The summed E-state index contributed by atoms with van der Waals surface area (Å²) in [4.78, 5) is 20.0. The molecule has 2 aromatic carbocycles. The first-order valence-electron chi connectivity index (χ1n) is 10.6. The lowest BCUT2D eigenvalue weighted by atomic mass is 9.99. The summed E-state index contributed by atoms with van der Waals surface area (Å²) in [5, 5.41) is 0.116. The normalized spacial score (nSPS) is 12.2. The van der Waals surface area contributed by atoms with Crippen molar-refractivity contribution in [2.45, 2.75) is 19.5 Å². The summed E-state index contributed by atoms with van der Waals surface area (Å²) in [6.45, 7) is 1.61. The molecule has 0 saturated carbocycles. The molecular weight excluding hydrogens is 505 g/mol. The number of carbonyl (C=O) groups excluding carboxylic acids is 1. The van der Waals surface area contributed by atoms with Gasteiger partial charge in [0.1, 0.15) is 11.5 Å². The van der Waals surface area contributed by atoms with Crippen LogP contribution in [0.5, 0.6) is 0 Å². The molecule has 4 aromatic rings. The second-order valence-electron chi connectivity index (χ2n) is 7.94. The standard InChI is InChI=1S/C24H18F5N3O3S/c1-2-8-36(34,35)32-19-7-6-18(25)20(21(19)26)22(33)17-12-31-23-16(17)10-14(11-30-23)13-4-3-5-15(9-13)24(27,28)29/h3-7,9-12,32H,2,8H2,1H3,(H,30,31). The predicted octanol–water partition coefficient (Wildman–Crippen LogP) is 5.91. The van der Waals surface area contributed by atoms with Crippen molar-refractivity contribution in [2.24, 2.45) is 0 Å². The highest BCUT2D eigenvalue weighted by molar-refractivity contribution is 7.92. The van der Waals surface area contributed by atoms with Gasteiger partial charge in [0.05, 0.1) is 22.6 Å². The Balaban J connectivity index is 1.78. The lowest BCUT2D eigenvalue weighted by molar-refractivity contribution is -0.137. The number of rotatable bonds is 7. The van der Waals surface area contributed by atoms with Gasteiger partial charge < -0.3 is 4.98 Å². The second-order valence-corrected chi connectivity index (χ2v) is 9.78. The Kier molecular flexibility index (Phi) is 6.56. The third-order valence-corrected chi connectivity index (χ3v) is 6.83. The fraction of sp³-hybridized carbons (Fsp3) is 0.167. The minimum Gasteiger partial charge on any atom is -0.345 e. The average Bonchev–Trinajstić information content (AvgIpc) is 3.24. The van der Waals surface area contributed by atoms with E-state index in [1.807, 2.05) is 4.72 Å². The van der Waals surface area contributed by atoms with Crippen LogP contribution in [0.2, 0.25) is 0 Å². The number of nitrogens with zero attached hydrogens (tertiary/aromatic N) is 1. The molecule has 0 spiro atoms. The Morgan fingerprint density at radius 2 is 1.83 bits per heavy atom. The summed E-state index contributed by atoms with van der Waals surface area (Å²) in [5.41, 5.74) is -2.08. The first-order valence-corrected chi connectivity index (χ1v) is 12.2. The van der Waals surface area contributed by atoms with Crippen LogP contribution >= 0.6 is 0 Å². The van der Waals surface area contributed by atoms with E-state index in [1.165, 1.54) is 30.6 Å². The second kappa shape index (κ2) is 9.34. The molecule has 2 heterocycles. The van der Waals surface area contributed by atoms with Crippen LogP contribution < -0.4 is 4.72 Å². The monoisotopic (exact) mass is 523 g/mol. The molecule has 0 aliphatic heterocycles. The van der Waals surface area contributed by atoms with Crippen LogP contribution in [0.4, 0.5) is 27.6 Å². The lowest BCUT2D eigenvalue weighted by Gasteiger charge is -2.11. The van der Waals surface area contributed by atoms with Crippen molar-refractivity contribution in [3.8, 4) is 11.1 Å². The maximum atomic E-state index is 15.1. The number of carbonyl (C=O) groups is 1. The van der Waals surface area contributed by atoms with Gasteiger partial charge in [-0.3, -0.25) is 9.52 Å². The smallest absolute Gasteiger partial charge is 0.345 e. The number of sulfonamides is 1. The van der Waals surface area contributed by atoms with Gasteiger partial charge in [-0.05, 0) is 42.3 Å². The highest BCUT2D eigenvalue weighted by Gasteiger charge is 2.30. The molecule has 0 atom stereocenters. The number of alkyl halides is 3. The topological polar surface area (TPSA) is 91.9 Å². The van der Waals surface area contributed by atoms with Crippen molar-refractivity contribution in [3.63, 3.8) is 0 Å². The van der Waals surface area contributed by atoms with E-state index in [0.29, 0.717) is 0 Å². The van der Waals surface area contributed by atoms with Crippen molar-refractivity contribution in [1.29, 1.82) is 0 Å². The number of hydrogen-bond donors (Lipinski definition) is 2. The first-order chi connectivity index (χ1) is 16.9. The zero-order valence-corrected chi connectivity index (χ0v) is 19.4. The van der Waals surface area contributed by atoms with Crippen LogP contribution in [-0.4, -0.2) is 29.9 Å². The summed E-state index contributed by atoms with van der Waals surface area (Å²) in [7, 11) is -3.92. The van der Waals surface area contributed by atoms with Crippen molar-refractivity contribution < 1.29 is 35.2 Å². The van der Waals surface area contributed by atoms with E-state index >= 15 is 4.39 Å². The van der Waals surface area contributed by atoms with Crippen LogP contribution in [0.15, 0.2) is 54.9 Å². The van der Waals surface area contributed by atoms with Gasteiger partial charge in [0.15, 0.2) is 5.82 Å². The number of ketones is 1. The summed E-state index contributed by atoms with van der Waals surface area (Å²) >= 11 is 0. The molecule has 2 N–H and O–H groups in total. The molecule has 6 nitrogen and oxygen atoms in total. The number of fused-ring (bicyclic) bond motifs is 1. The van der Waals surface area contributed by atoms with Gasteiger partial charge in [0, 0.05) is 28.9 Å². The minimum absolute atomic E-state index is 0.116. The number of halogens is 5. The summed E-state index contributed by atoms with van der Waals surface area (Å²) in [6, 6.07) is 7.50. The Labute approximate surface area is 202 Å². The van der Waals surface area contributed by atoms with E-state index in [1.54, 1.807) is 6.92 Å². The molecule has 0 amide bonds. The Morgan fingerprint density at radius 1 is 1.08 bits per heavy atom. The number of benzene rings is 2. The molecule has 0 bridgehead atoms. The van der Waals surface area contributed by atoms with Crippen molar-refractivity contribution >= 4 is 32.5 Å². The van der Waals surface area contributed by atoms with Crippen LogP contribution in [0, 0.1) is 11.6 Å². The van der Waals surface area contributed by atoms with Gasteiger partial charge in [-0.15, -0.1) is 0 Å². The number of H-pyrrole nitrogens is 1. The third kappa shape index (κ3) is 4.94. The Bertz CT molecular complexity index is 1580. The molecule has 0 saturated heterocycles. The largest absolute Gasteiger partial charge is 0.416 e. The number of pyridine rings is 1. The van der Waals surface area contributed by atoms with Crippen LogP contribution in [0.1, 0.15) is 34.8 Å². The first kappa shape index (κ1) is 25.3. The molecule has 0 radical (unpaired) electrons. The van der Waals surface area contributed by atoms with Gasteiger partial charge in [0.2, 0.25) is 15.8 Å². The molecule has 2 aromatic heterocycles. The summed E-state index contributed by atoms with van der Waals surface area (Å²) in [6.07, 6.45) is -1.85. The van der Waals surface area contributed by atoms with E-state index in [2.05, 4.69) is 9.97 Å². The van der Waals surface area contributed by atoms with Gasteiger partial charge in [-0.2, -0.15) is 13.2 Å². The Morgan fingerprint density at radius 3 is 2.53 bits per heavy atom. The highest BCUT2D eigenvalue weighted by Crippen LogP contribution is 2.33. The van der Waals surface area contributed by atoms with Crippen LogP contribution in [0.25, 0.3) is 22.2 Å². The van der Waals surface area contributed by atoms with Crippen molar-refractivity contribution in [2.75, 3.05) is 10.5 Å². The summed E-state index contributed by atoms with van der Waals surface area (Å²) < 4.78 is 95.2. The molecule has 188 valence electrons. The predicted molar refractivity (Wildman–Crippen MR) is 124 cm³/mol. The number of anilines is 1. The maximum Gasteiger partial charge on any atom is 0.416 e. The van der Waals surface area contributed by atoms with Gasteiger partial charge in [0.25, 0.3) is 0 Å². The molecule has 36 heavy (non-hydrogen) atoms. The third-order valence-electron chi connectivity index (χ3n) is 5.36. The fourth-order valence-corrected chi connectivity index (χ4v) is 4.82. The molecule has 12 heteroatoms. The van der Waals surface area contributed by atoms with E-state index in [-0.39, 0.29) is 39.9 Å². The summed E-state index contributed by atoms with van der Waals surface area (Å²) in [5.74, 6) is -4.02. The SMILES string of the molecule is CCCS(=O)(=O)Nc1ccc(F)c(C(=O)c2c[nH]c3ncc(-c4cccc(C(F)(F)F)c4)cc23)c1F. The lowest BCUT2D eigenvalue weighted by Crippen LogP contribution is -2.18. The van der Waals surface area contributed by atoms with Crippen molar-refractivity contribution in [3.05, 3.63) is 83.2 Å². The van der Waals surface area contributed by atoms with Crippen LogP contribution in [0.3, 0.4) is 0 Å². The van der Waals surface area contributed by atoms with Crippen LogP contribution in [-0.2, 0) is 16.2 Å². The van der Waals surface area contributed by atoms with Gasteiger partial charge in [-0.1, -0.05) is 19.1 Å². The molecule has 0 unspecified atom stereocenters. The van der Waals surface area contributed by atoms with E-state index < -0.39 is 50.4 Å². The molecular formula is C24H18F5N3O3S. The van der Waals surface area contributed by atoms with E-state index in [9.17, 15) is 30.8 Å². The molecule has 4 rings (SSSR count). The number of hydrogen-bond acceptors (Lipinski definition) is 4. The minimum atomic E-state index is -4.57. The zero-order chi connectivity index (χ0) is 26.3. The van der Waals surface area contributed by atoms with E-state index in [0.717, 1.165) is 24.3 Å². The fourth-order valence-electron chi connectivity index (χ4n) is 3.69. The highest BCUT2D eigenvalue weighted by atomic mass is 32.2. The maximum absolute atomic E-state index is 15.1. The number of nitrogens with one attached hydrogen (secondary N) is 2. The van der Waals surface area contributed by atoms with Gasteiger partial charge in [-0.25, -0.2) is 22.2 Å². The van der Waals surface area contributed by atoms with Gasteiger partial charge >= 0.3 is 6.18 Å². The number of aromatic amines is 1. The van der Waals surface area contributed by atoms with Crippen molar-refractivity contribution in [1.82, 2.24) is 9.97 Å². The Hall–Kier alpha value is -3.80. The van der Waals surface area contributed by atoms with E-state index in [4.69, 9.17) is 0 Å². The number of aromatic nitrogens is 2. The average molecular weight is 523 g/mol. The zero-order valence-electron chi connectivity index (χ0n) is 18.6. The molecule has 0 aliphatic carbocycles.